The van der Waals surface area contributed by atoms with Crippen LogP contribution in [0.4, 0.5) is 0 Å². The van der Waals surface area contributed by atoms with Gasteiger partial charge in [0, 0.05) is 11.4 Å². The quantitative estimate of drug-likeness (QED) is 0.742. The van der Waals surface area contributed by atoms with Crippen LogP contribution in [0.1, 0.15) is 36.2 Å². The van der Waals surface area contributed by atoms with Gasteiger partial charge in [-0.1, -0.05) is 25.1 Å². The molecule has 0 spiro atoms. The van der Waals surface area contributed by atoms with E-state index in [4.69, 9.17) is 5.11 Å². The van der Waals surface area contributed by atoms with Gasteiger partial charge in [0.25, 0.3) is 0 Å². The fraction of sp³-hybridized carbons (Fsp3) is 0.583. The normalized spacial score (nSPS) is 11.0. The molecule has 0 saturated carbocycles. The summed E-state index contributed by atoms with van der Waals surface area (Å²) < 4.78 is 2.67. The van der Waals surface area contributed by atoms with Crippen LogP contribution in [0.2, 0.25) is 0 Å². The van der Waals surface area contributed by atoms with Crippen LogP contribution in [0.3, 0.4) is 0 Å². The highest BCUT2D eigenvalue weighted by atomic mass is 32.2. The molecule has 2 heterocycles. The molecule has 0 bridgehead atoms. The molecule has 0 amide bonds. The number of tetrazole rings is 1. The third kappa shape index (κ3) is 4.50. The lowest BCUT2D eigenvalue weighted by molar-refractivity contribution is -0.136. The highest BCUT2D eigenvalue weighted by molar-refractivity contribution is 8.00. The Labute approximate surface area is 130 Å². The summed E-state index contributed by atoms with van der Waals surface area (Å²) in [5, 5.41) is 20.5. The smallest absolute Gasteiger partial charge is 0.308 e. The molecule has 0 aliphatic rings. The van der Waals surface area contributed by atoms with E-state index in [9.17, 15) is 4.79 Å². The van der Waals surface area contributed by atoms with Gasteiger partial charge in [-0.25, -0.2) is 9.67 Å². The zero-order chi connectivity index (χ0) is 15.2. The molecule has 0 aromatic carbocycles. The van der Waals surface area contributed by atoms with Crippen molar-refractivity contribution >= 4 is 29.1 Å². The minimum absolute atomic E-state index is 0.0261. The zero-order valence-corrected chi connectivity index (χ0v) is 13.6. The SMILES string of the molecule is CCCCn1nnnc1CSc1nc(C)c(CC(=O)O)s1. The first kappa shape index (κ1) is 15.9. The number of rotatable bonds is 8. The number of aryl methyl sites for hydroxylation is 2. The number of aliphatic carboxylic acids is 1. The topological polar surface area (TPSA) is 93.8 Å². The summed E-state index contributed by atoms with van der Waals surface area (Å²) in [5.41, 5.74) is 0.787. The Morgan fingerprint density at radius 3 is 3.00 bits per heavy atom. The lowest BCUT2D eigenvalue weighted by Gasteiger charge is -2.01. The molecule has 0 unspecified atom stereocenters. The van der Waals surface area contributed by atoms with Crippen LogP contribution in [0.5, 0.6) is 0 Å². The number of thiazole rings is 1. The number of carboxylic acid groups (broad SMARTS) is 1. The average molecular weight is 327 g/mol. The molecule has 0 saturated heterocycles. The maximum atomic E-state index is 10.8. The van der Waals surface area contributed by atoms with Gasteiger partial charge in [0.05, 0.1) is 17.9 Å². The van der Waals surface area contributed by atoms with E-state index in [1.54, 1.807) is 0 Å². The Morgan fingerprint density at radius 2 is 2.29 bits per heavy atom. The van der Waals surface area contributed by atoms with Crippen LogP contribution in [0.25, 0.3) is 0 Å². The van der Waals surface area contributed by atoms with Gasteiger partial charge in [-0.3, -0.25) is 4.79 Å². The fourth-order valence-electron chi connectivity index (χ4n) is 1.70. The van der Waals surface area contributed by atoms with Crippen molar-refractivity contribution in [3.05, 3.63) is 16.4 Å². The minimum atomic E-state index is -0.832. The molecule has 9 heteroatoms. The molecule has 0 radical (unpaired) electrons. The van der Waals surface area contributed by atoms with E-state index < -0.39 is 5.97 Å². The predicted molar refractivity (Wildman–Crippen MR) is 80.5 cm³/mol. The molecular formula is C12H17N5O2S2. The zero-order valence-electron chi connectivity index (χ0n) is 11.9. The lowest BCUT2D eigenvalue weighted by atomic mass is 10.3. The largest absolute Gasteiger partial charge is 0.481 e. The number of thioether (sulfide) groups is 1. The van der Waals surface area contributed by atoms with Crippen LogP contribution in [-0.2, 0) is 23.5 Å². The Balaban J connectivity index is 1.97. The number of hydrogen-bond acceptors (Lipinski definition) is 7. The Bertz CT molecular complexity index is 611. The number of unbranched alkanes of at least 4 members (excludes halogenated alkanes) is 1. The van der Waals surface area contributed by atoms with Gasteiger partial charge in [-0.15, -0.1) is 16.4 Å². The second kappa shape index (κ2) is 7.51. The monoisotopic (exact) mass is 327 g/mol. The average Bonchev–Trinajstić information content (AvgIpc) is 3.01. The van der Waals surface area contributed by atoms with Crippen molar-refractivity contribution in [1.82, 2.24) is 25.2 Å². The summed E-state index contributed by atoms with van der Waals surface area (Å²) in [6.07, 6.45) is 2.16. The van der Waals surface area contributed by atoms with Crippen molar-refractivity contribution in [3.63, 3.8) is 0 Å². The molecule has 0 atom stereocenters. The second-order valence-electron chi connectivity index (χ2n) is 4.52. The number of carboxylic acids is 1. The Kier molecular flexibility index (Phi) is 5.68. The molecule has 114 valence electrons. The van der Waals surface area contributed by atoms with E-state index in [0.29, 0.717) is 5.75 Å². The molecule has 21 heavy (non-hydrogen) atoms. The van der Waals surface area contributed by atoms with Crippen molar-refractivity contribution in [1.29, 1.82) is 0 Å². The summed E-state index contributed by atoms with van der Waals surface area (Å²) >= 11 is 2.97. The highest BCUT2D eigenvalue weighted by Crippen LogP contribution is 2.29. The first-order valence-electron chi connectivity index (χ1n) is 6.66. The number of aromatic nitrogens is 5. The molecule has 7 nitrogen and oxygen atoms in total. The van der Waals surface area contributed by atoms with Gasteiger partial charge in [-0.05, 0) is 23.8 Å². The highest BCUT2D eigenvalue weighted by Gasteiger charge is 2.13. The molecule has 2 aromatic heterocycles. The molecule has 0 fully saturated rings. The second-order valence-corrected chi connectivity index (χ2v) is 6.83. The summed E-state index contributed by atoms with van der Waals surface area (Å²) in [5.74, 6) is 0.624. The van der Waals surface area contributed by atoms with Crippen LogP contribution >= 0.6 is 23.1 Å². The summed E-state index contributed by atoms with van der Waals surface area (Å²) in [7, 11) is 0. The van der Waals surface area contributed by atoms with Gasteiger partial charge in [-0.2, -0.15) is 0 Å². The molecule has 2 rings (SSSR count). The third-order valence-electron chi connectivity index (χ3n) is 2.84. The van der Waals surface area contributed by atoms with Gasteiger partial charge in [0.2, 0.25) is 0 Å². The van der Waals surface area contributed by atoms with E-state index in [1.165, 1.54) is 23.1 Å². The van der Waals surface area contributed by atoms with Crippen molar-refractivity contribution in [2.24, 2.45) is 0 Å². The first-order valence-corrected chi connectivity index (χ1v) is 8.46. The molecule has 0 aliphatic carbocycles. The first-order chi connectivity index (χ1) is 10.1. The van der Waals surface area contributed by atoms with Crippen LogP contribution in [0, 0.1) is 6.92 Å². The number of hydrogen-bond donors (Lipinski definition) is 1. The van der Waals surface area contributed by atoms with Crippen LogP contribution in [-0.4, -0.2) is 36.3 Å². The predicted octanol–water partition coefficient (Wildman–Crippen LogP) is 2.16. The number of carbonyl (C=O) groups is 1. The summed E-state index contributed by atoms with van der Waals surface area (Å²) in [4.78, 5) is 16.0. The van der Waals surface area contributed by atoms with Crippen LogP contribution < -0.4 is 0 Å². The molecule has 0 aliphatic heterocycles. The fourth-order valence-corrected chi connectivity index (χ4v) is 3.86. The Hall–Kier alpha value is -1.48. The molecule has 1 N–H and O–H groups in total. The minimum Gasteiger partial charge on any atom is -0.481 e. The maximum absolute atomic E-state index is 10.8. The van der Waals surface area contributed by atoms with Crippen molar-refractivity contribution in [3.8, 4) is 0 Å². The standard InChI is InChI=1S/C12H17N5O2S2/c1-3-4-5-17-10(14-15-16-17)7-20-12-13-8(2)9(21-12)6-11(18)19/h3-7H2,1-2H3,(H,18,19). The van der Waals surface area contributed by atoms with Crippen molar-refractivity contribution in [2.45, 2.75) is 49.7 Å². The molecule has 2 aromatic rings. The van der Waals surface area contributed by atoms with E-state index in [1.807, 2.05) is 11.6 Å². The van der Waals surface area contributed by atoms with Crippen molar-refractivity contribution < 1.29 is 9.90 Å². The van der Waals surface area contributed by atoms with Gasteiger partial charge in [0.15, 0.2) is 10.2 Å². The van der Waals surface area contributed by atoms with Gasteiger partial charge >= 0.3 is 5.97 Å². The van der Waals surface area contributed by atoms with Gasteiger partial charge in [0.1, 0.15) is 0 Å². The Morgan fingerprint density at radius 1 is 1.48 bits per heavy atom. The van der Waals surface area contributed by atoms with E-state index in [0.717, 1.165) is 40.1 Å². The lowest BCUT2D eigenvalue weighted by Crippen LogP contribution is -2.04. The number of nitrogens with zero attached hydrogens (tertiary/aromatic N) is 5. The molecular weight excluding hydrogens is 310 g/mol. The summed E-state index contributed by atoms with van der Waals surface area (Å²) in [6, 6.07) is 0. The van der Waals surface area contributed by atoms with Crippen LogP contribution in [0.15, 0.2) is 4.34 Å². The maximum Gasteiger partial charge on any atom is 0.308 e. The van der Waals surface area contributed by atoms with E-state index >= 15 is 0 Å². The van der Waals surface area contributed by atoms with Crippen molar-refractivity contribution in [2.75, 3.05) is 0 Å². The van der Waals surface area contributed by atoms with E-state index in [-0.39, 0.29) is 6.42 Å². The van der Waals surface area contributed by atoms with Gasteiger partial charge < -0.3 is 5.11 Å². The third-order valence-corrected chi connectivity index (χ3v) is 5.14. The summed E-state index contributed by atoms with van der Waals surface area (Å²) in [6.45, 7) is 4.78. The van der Waals surface area contributed by atoms with E-state index in [2.05, 4.69) is 27.4 Å².